The number of benzene rings is 1. The molecule has 0 saturated heterocycles. The summed E-state index contributed by atoms with van der Waals surface area (Å²) >= 11 is 0. The third-order valence-electron chi connectivity index (χ3n) is 3.20. The number of hydrogen-bond acceptors (Lipinski definition) is 5. The van der Waals surface area contributed by atoms with Crippen LogP contribution >= 0.6 is 0 Å². The highest BCUT2D eigenvalue weighted by Crippen LogP contribution is 2.12. The molecule has 0 aliphatic heterocycles. The number of amides is 1. The van der Waals surface area contributed by atoms with Crippen molar-refractivity contribution in [1.29, 1.82) is 0 Å². The van der Waals surface area contributed by atoms with Gasteiger partial charge in [0.2, 0.25) is 5.91 Å². The standard InChI is InChI=1S/C16H27N3O3/c1-12(2)15(18)16(20)19-6-7-21-8-9-22-14-5-3-4-13(10-14)11-17/h3-5,10,12,15H,6-9,11,17-18H2,1-2H3,(H,19,20)/t15-/m0/s1. The minimum absolute atomic E-state index is 0.124. The molecule has 0 saturated carbocycles. The fourth-order valence-corrected chi connectivity index (χ4v) is 1.75. The van der Waals surface area contributed by atoms with Gasteiger partial charge in [0.1, 0.15) is 12.4 Å². The van der Waals surface area contributed by atoms with Gasteiger partial charge in [-0.05, 0) is 23.6 Å². The van der Waals surface area contributed by atoms with E-state index in [0.717, 1.165) is 11.3 Å². The molecule has 1 atom stereocenters. The summed E-state index contributed by atoms with van der Waals surface area (Å²) in [6.07, 6.45) is 0. The molecule has 0 aliphatic carbocycles. The lowest BCUT2D eigenvalue weighted by Gasteiger charge is -2.15. The molecule has 0 aliphatic rings. The van der Waals surface area contributed by atoms with E-state index >= 15 is 0 Å². The number of rotatable bonds is 10. The predicted octanol–water partition coefficient (Wildman–Crippen LogP) is 0.640. The van der Waals surface area contributed by atoms with Crippen molar-refractivity contribution in [2.45, 2.75) is 26.4 Å². The van der Waals surface area contributed by atoms with Crippen LogP contribution < -0.4 is 21.5 Å². The zero-order chi connectivity index (χ0) is 16.4. The number of nitrogens with two attached hydrogens (primary N) is 2. The second-order valence-corrected chi connectivity index (χ2v) is 5.37. The van der Waals surface area contributed by atoms with Crippen LogP contribution in [0.5, 0.6) is 5.75 Å². The highest BCUT2D eigenvalue weighted by molar-refractivity contribution is 5.81. The van der Waals surface area contributed by atoms with Crippen LogP contribution in [0.3, 0.4) is 0 Å². The highest BCUT2D eigenvalue weighted by atomic mass is 16.5. The van der Waals surface area contributed by atoms with Gasteiger partial charge in [0.05, 0.1) is 19.3 Å². The van der Waals surface area contributed by atoms with E-state index in [2.05, 4.69) is 5.32 Å². The van der Waals surface area contributed by atoms with E-state index in [9.17, 15) is 4.79 Å². The maximum absolute atomic E-state index is 11.6. The van der Waals surface area contributed by atoms with Gasteiger partial charge in [0.25, 0.3) is 0 Å². The van der Waals surface area contributed by atoms with Gasteiger partial charge in [-0.25, -0.2) is 0 Å². The second-order valence-electron chi connectivity index (χ2n) is 5.37. The van der Waals surface area contributed by atoms with E-state index in [4.69, 9.17) is 20.9 Å². The molecule has 1 rings (SSSR count). The van der Waals surface area contributed by atoms with Crippen LogP contribution in [0.15, 0.2) is 24.3 Å². The van der Waals surface area contributed by atoms with Crippen LogP contribution in [0, 0.1) is 5.92 Å². The van der Waals surface area contributed by atoms with Crippen molar-refractivity contribution in [3.63, 3.8) is 0 Å². The lowest BCUT2D eigenvalue weighted by molar-refractivity contribution is -0.123. The number of carbonyl (C=O) groups excluding carboxylic acids is 1. The number of hydrogen-bond donors (Lipinski definition) is 3. The molecule has 0 bridgehead atoms. The summed E-state index contributed by atoms with van der Waals surface area (Å²) in [5, 5.41) is 2.74. The monoisotopic (exact) mass is 309 g/mol. The van der Waals surface area contributed by atoms with Crippen molar-refractivity contribution < 1.29 is 14.3 Å². The zero-order valence-corrected chi connectivity index (χ0v) is 13.4. The first-order valence-electron chi connectivity index (χ1n) is 7.57. The van der Waals surface area contributed by atoms with Crippen LogP contribution in [0.25, 0.3) is 0 Å². The minimum atomic E-state index is -0.474. The predicted molar refractivity (Wildman–Crippen MR) is 86.5 cm³/mol. The van der Waals surface area contributed by atoms with E-state index in [1.165, 1.54) is 0 Å². The normalized spacial score (nSPS) is 12.2. The summed E-state index contributed by atoms with van der Waals surface area (Å²) < 4.78 is 11.0. The lowest BCUT2D eigenvalue weighted by Crippen LogP contribution is -2.44. The summed E-state index contributed by atoms with van der Waals surface area (Å²) in [6.45, 7) is 6.11. The molecule has 0 heterocycles. The molecule has 22 heavy (non-hydrogen) atoms. The number of ether oxygens (including phenoxy) is 2. The molecular weight excluding hydrogens is 282 g/mol. The van der Waals surface area contributed by atoms with E-state index in [0.29, 0.717) is 32.9 Å². The molecule has 0 unspecified atom stereocenters. The van der Waals surface area contributed by atoms with Crippen LogP contribution in [-0.4, -0.2) is 38.3 Å². The second kappa shape index (κ2) is 10.2. The van der Waals surface area contributed by atoms with E-state index in [-0.39, 0.29) is 11.8 Å². The number of nitrogens with one attached hydrogen (secondary N) is 1. The van der Waals surface area contributed by atoms with Crippen molar-refractivity contribution >= 4 is 5.91 Å². The zero-order valence-electron chi connectivity index (χ0n) is 13.4. The molecule has 6 nitrogen and oxygen atoms in total. The third kappa shape index (κ3) is 6.89. The van der Waals surface area contributed by atoms with Crippen molar-refractivity contribution in [1.82, 2.24) is 5.32 Å². The third-order valence-corrected chi connectivity index (χ3v) is 3.20. The molecule has 0 aromatic heterocycles. The van der Waals surface area contributed by atoms with Crippen LogP contribution in [-0.2, 0) is 16.1 Å². The Morgan fingerprint density at radius 2 is 2.05 bits per heavy atom. The fourth-order valence-electron chi connectivity index (χ4n) is 1.75. The Morgan fingerprint density at radius 1 is 1.27 bits per heavy atom. The quantitative estimate of drug-likeness (QED) is 0.551. The molecule has 0 fully saturated rings. The van der Waals surface area contributed by atoms with Gasteiger partial charge in [0.15, 0.2) is 0 Å². The minimum Gasteiger partial charge on any atom is -0.491 e. The first kappa shape index (κ1) is 18.4. The smallest absolute Gasteiger partial charge is 0.237 e. The van der Waals surface area contributed by atoms with Crippen molar-refractivity contribution in [3.8, 4) is 5.75 Å². The SMILES string of the molecule is CC(C)[C@H](N)C(=O)NCCOCCOc1cccc(CN)c1. The summed E-state index contributed by atoms with van der Waals surface area (Å²) in [6, 6.07) is 7.18. The average Bonchev–Trinajstić information content (AvgIpc) is 2.53. The van der Waals surface area contributed by atoms with Crippen LogP contribution in [0.4, 0.5) is 0 Å². The summed E-state index contributed by atoms with van der Waals surface area (Å²) in [5.41, 5.74) is 12.3. The largest absolute Gasteiger partial charge is 0.491 e. The molecule has 0 radical (unpaired) electrons. The molecular formula is C16H27N3O3. The fraction of sp³-hybridized carbons (Fsp3) is 0.562. The van der Waals surface area contributed by atoms with Crippen molar-refractivity contribution in [3.05, 3.63) is 29.8 Å². The Hall–Kier alpha value is -1.63. The first-order chi connectivity index (χ1) is 10.5. The number of carbonyl (C=O) groups is 1. The van der Waals surface area contributed by atoms with Gasteiger partial charge >= 0.3 is 0 Å². The van der Waals surface area contributed by atoms with Crippen molar-refractivity contribution in [2.24, 2.45) is 17.4 Å². The highest BCUT2D eigenvalue weighted by Gasteiger charge is 2.15. The first-order valence-corrected chi connectivity index (χ1v) is 7.57. The van der Waals surface area contributed by atoms with Gasteiger partial charge in [0, 0.05) is 13.1 Å². The average molecular weight is 309 g/mol. The Morgan fingerprint density at radius 3 is 2.73 bits per heavy atom. The maximum atomic E-state index is 11.6. The Balaban J connectivity index is 2.07. The topological polar surface area (TPSA) is 99.6 Å². The van der Waals surface area contributed by atoms with E-state index in [1.807, 2.05) is 38.1 Å². The molecule has 0 spiro atoms. The molecule has 6 heteroatoms. The Kier molecular flexibility index (Phi) is 8.50. The summed E-state index contributed by atoms with van der Waals surface area (Å²) in [5.74, 6) is 0.759. The molecule has 1 aromatic rings. The van der Waals surface area contributed by atoms with Crippen molar-refractivity contribution in [2.75, 3.05) is 26.4 Å². The van der Waals surface area contributed by atoms with Gasteiger partial charge in [-0.2, -0.15) is 0 Å². The molecule has 1 amide bonds. The van der Waals surface area contributed by atoms with Gasteiger partial charge < -0.3 is 26.3 Å². The lowest BCUT2D eigenvalue weighted by atomic mass is 10.1. The van der Waals surface area contributed by atoms with Gasteiger partial charge in [-0.3, -0.25) is 4.79 Å². The summed E-state index contributed by atoms with van der Waals surface area (Å²) in [4.78, 5) is 11.6. The maximum Gasteiger partial charge on any atom is 0.237 e. The Bertz CT molecular complexity index is 452. The van der Waals surface area contributed by atoms with Gasteiger partial charge in [-0.15, -0.1) is 0 Å². The van der Waals surface area contributed by atoms with E-state index in [1.54, 1.807) is 0 Å². The van der Waals surface area contributed by atoms with Gasteiger partial charge in [-0.1, -0.05) is 26.0 Å². The van der Waals surface area contributed by atoms with Crippen LogP contribution in [0.2, 0.25) is 0 Å². The molecule has 5 N–H and O–H groups in total. The summed E-state index contributed by atoms with van der Waals surface area (Å²) in [7, 11) is 0. The van der Waals surface area contributed by atoms with Crippen LogP contribution in [0.1, 0.15) is 19.4 Å². The van der Waals surface area contributed by atoms with E-state index < -0.39 is 6.04 Å². The Labute approximate surface area is 132 Å². The molecule has 1 aromatic carbocycles. The molecule has 124 valence electrons.